The van der Waals surface area contributed by atoms with Crippen LogP contribution in [0.2, 0.25) is 0 Å². The monoisotopic (exact) mass is 586 g/mol. The van der Waals surface area contributed by atoms with E-state index in [1.165, 1.54) is 88.3 Å². The topological polar surface area (TPSA) is 0 Å². The van der Waals surface area contributed by atoms with Gasteiger partial charge in [0.2, 0.25) is 0 Å². The van der Waals surface area contributed by atoms with Crippen LogP contribution < -0.4 is 0 Å². The van der Waals surface area contributed by atoms with Crippen molar-refractivity contribution >= 4 is 21.5 Å². The summed E-state index contributed by atoms with van der Waals surface area (Å²) in [6.45, 7) is 4.47. The molecule has 8 rings (SSSR count). The van der Waals surface area contributed by atoms with Gasteiger partial charge in [-0.3, -0.25) is 0 Å². The van der Waals surface area contributed by atoms with E-state index < -0.39 is 0 Å². The average Bonchev–Trinajstić information content (AvgIpc) is 3.11. The third kappa shape index (κ3) is 4.80. The van der Waals surface area contributed by atoms with Crippen LogP contribution in [0.3, 0.4) is 0 Å². The van der Waals surface area contributed by atoms with Gasteiger partial charge in [-0.1, -0.05) is 164 Å². The molecule has 0 fully saturated rings. The van der Waals surface area contributed by atoms with Crippen molar-refractivity contribution in [2.45, 2.75) is 13.8 Å². The van der Waals surface area contributed by atoms with Crippen LogP contribution in [0.5, 0.6) is 0 Å². The molecule has 0 aliphatic rings. The van der Waals surface area contributed by atoms with Crippen molar-refractivity contribution in [3.63, 3.8) is 0 Å². The maximum absolute atomic E-state index is 2.38. The minimum absolute atomic E-state index is 1.23. The van der Waals surface area contributed by atoms with E-state index in [2.05, 4.69) is 184 Å². The second-order valence-corrected chi connectivity index (χ2v) is 12.2. The molecule has 0 aliphatic heterocycles. The van der Waals surface area contributed by atoms with Gasteiger partial charge in [-0.25, -0.2) is 0 Å². The van der Waals surface area contributed by atoms with Crippen molar-refractivity contribution in [2.24, 2.45) is 0 Å². The van der Waals surface area contributed by atoms with Crippen LogP contribution in [0.4, 0.5) is 0 Å². The van der Waals surface area contributed by atoms with E-state index in [4.69, 9.17) is 0 Å². The first kappa shape index (κ1) is 27.8. The molecule has 0 atom stereocenters. The van der Waals surface area contributed by atoms with Gasteiger partial charge in [-0.2, -0.15) is 0 Å². The van der Waals surface area contributed by atoms with Gasteiger partial charge < -0.3 is 0 Å². The van der Waals surface area contributed by atoms with Gasteiger partial charge >= 0.3 is 0 Å². The largest absolute Gasteiger partial charge is 0.0622 e. The van der Waals surface area contributed by atoms with Crippen molar-refractivity contribution in [2.75, 3.05) is 0 Å². The Morgan fingerprint density at radius 3 is 1.37 bits per heavy atom. The second kappa shape index (κ2) is 11.7. The quantitative estimate of drug-likeness (QED) is 0.176. The Morgan fingerprint density at radius 2 is 0.717 bits per heavy atom. The van der Waals surface area contributed by atoms with Gasteiger partial charge in [-0.05, 0) is 108 Å². The van der Waals surface area contributed by atoms with Crippen LogP contribution >= 0.6 is 0 Å². The van der Waals surface area contributed by atoms with Crippen molar-refractivity contribution in [3.05, 3.63) is 181 Å². The average molecular weight is 587 g/mol. The summed E-state index contributed by atoms with van der Waals surface area (Å²) < 4.78 is 0. The van der Waals surface area contributed by atoms with Gasteiger partial charge in [0.15, 0.2) is 0 Å². The Kier molecular flexibility index (Phi) is 7.04. The van der Waals surface area contributed by atoms with Crippen molar-refractivity contribution in [1.29, 1.82) is 0 Å². The molecule has 0 unspecified atom stereocenters. The fourth-order valence-electron chi connectivity index (χ4n) is 7.16. The standard InChI is InChI=1S/C46H34/c1-31-14-6-7-19-38(31)46-43-22-10-8-20-41(43)45(42-21-9-11-23-44(42)46)37-18-12-17-36(30-37)40-25-13-24-39(32(40)2)35-28-26-34(27-29-35)33-15-4-3-5-16-33/h3-30H,1-2H3. The molecule has 0 heterocycles. The third-order valence-corrected chi connectivity index (χ3v) is 9.44. The van der Waals surface area contributed by atoms with Crippen molar-refractivity contribution in [1.82, 2.24) is 0 Å². The number of rotatable bonds is 5. The van der Waals surface area contributed by atoms with E-state index in [1.54, 1.807) is 0 Å². The van der Waals surface area contributed by atoms with Crippen LogP contribution in [0.25, 0.3) is 77.2 Å². The summed E-state index contributed by atoms with van der Waals surface area (Å²) in [4.78, 5) is 0. The highest BCUT2D eigenvalue weighted by molar-refractivity contribution is 6.21. The first-order valence-electron chi connectivity index (χ1n) is 16.0. The number of fused-ring (bicyclic) bond motifs is 2. The molecule has 0 amide bonds. The molecule has 0 aromatic heterocycles. The fourth-order valence-corrected chi connectivity index (χ4v) is 7.16. The molecule has 8 aromatic rings. The van der Waals surface area contributed by atoms with E-state index in [1.807, 2.05) is 0 Å². The molecule has 0 heteroatoms. The van der Waals surface area contributed by atoms with Crippen LogP contribution in [-0.2, 0) is 0 Å². The maximum Gasteiger partial charge on any atom is -0.00237 e. The predicted molar refractivity (Wildman–Crippen MR) is 198 cm³/mol. The zero-order chi connectivity index (χ0) is 31.0. The molecular formula is C46H34. The predicted octanol–water partition coefficient (Wildman–Crippen LogP) is 12.9. The van der Waals surface area contributed by atoms with Crippen LogP contribution in [0, 0.1) is 13.8 Å². The Hall–Kier alpha value is -5.72. The SMILES string of the molecule is Cc1ccccc1-c1c2ccccc2c(-c2cccc(-c3cccc(-c4ccc(-c5ccccc5)cc4)c3C)c2)c2ccccc12. The summed E-state index contributed by atoms with van der Waals surface area (Å²) >= 11 is 0. The summed E-state index contributed by atoms with van der Waals surface area (Å²) in [6.07, 6.45) is 0. The lowest BCUT2D eigenvalue weighted by atomic mass is 9.84. The summed E-state index contributed by atoms with van der Waals surface area (Å²) in [7, 11) is 0. The molecule has 218 valence electrons. The number of hydrogen-bond donors (Lipinski definition) is 0. The Labute approximate surface area is 271 Å². The van der Waals surface area contributed by atoms with Crippen LogP contribution in [0.1, 0.15) is 11.1 Å². The van der Waals surface area contributed by atoms with Gasteiger partial charge in [0.05, 0.1) is 0 Å². The third-order valence-electron chi connectivity index (χ3n) is 9.44. The van der Waals surface area contributed by atoms with Gasteiger partial charge in [-0.15, -0.1) is 0 Å². The first-order chi connectivity index (χ1) is 22.7. The molecule has 0 spiro atoms. The molecule has 0 bridgehead atoms. The Morgan fingerprint density at radius 1 is 0.283 bits per heavy atom. The van der Waals surface area contributed by atoms with E-state index in [0.717, 1.165) is 0 Å². The first-order valence-corrected chi connectivity index (χ1v) is 16.0. The Bertz CT molecular complexity index is 2300. The van der Waals surface area contributed by atoms with Gasteiger partial charge in [0, 0.05) is 0 Å². The lowest BCUT2D eigenvalue weighted by molar-refractivity contribution is 1.44. The molecule has 8 aromatic carbocycles. The lowest BCUT2D eigenvalue weighted by Gasteiger charge is -2.19. The molecular weight excluding hydrogens is 553 g/mol. The minimum Gasteiger partial charge on any atom is -0.0622 e. The van der Waals surface area contributed by atoms with Crippen LogP contribution in [-0.4, -0.2) is 0 Å². The zero-order valence-electron chi connectivity index (χ0n) is 26.2. The molecule has 0 aliphatic carbocycles. The van der Waals surface area contributed by atoms with E-state index >= 15 is 0 Å². The minimum atomic E-state index is 1.23. The summed E-state index contributed by atoms with van der Waals surface area (Å²) in [5.41, 5.74) is 15.2. The molecule has 0 radical (unpaired) electrons. The molecule has 46 heavy (non-hydrogen) atoms. The van der Waals surface area contributed by atoms with Gasteiger partial charge in [0.1, 0.15) is 0 Å². The Balaban J connectivity index is 1.27. The summed E-state index contributed by atoms with van der Waals surface area (Å²) in [5.74, 6) is 0. The van der Waals surface area contributed by atoms with Crippen molar-refractivity contribution < 1.29 is 0 Å². The lowest BCUT2D eigenvalue weighted by Crippen LogP contribution is -1.93. The summed E-state index contributed by atoms with van der Waals surface area (Å²) in [5, 5.41) is 5.13. The van der Waals surface area contributed by atoms with Gasteiger partial charge in [0.25, 0.3) is 0 Å². The summed E-state index contributed by atoms with van der Waals surface area (Å²) in [6, 6.07) is 61.9. The number of hydrogen-bond acceptors (Lipinski definition) is 0. The molecule has 0 N–H and O–H groups in total. The van der Waals surface area contributed by atoms with Crippen LogP contribution in [0.15, 0.2) is 170 Å². The number of aryl methyl sites for hydroxylation is 1. The molecule has 0 saturated carbocycles. The second-order valence-electron chi connectivity index (χ2n) is 12.2. The van der Waals surface area contributed by atoms with E-state index in [0.29, 0.717) is 0 Å². The normalized spacial score (nSPS) is 11.3. The molecule has 0 saturated heterocycles. The smallest absolute Gasteiger partial charge is 0.00237 e. The highest BCUT2D eigenvalue weighted by atomic mass is 14.2. The van der Waals surface area contributed by atoms with E-state index in [9.17, 15) is 0 Å². The molecule has 0 nitrogen and oxygen atoms in total. The fraction of sp³-hybridized carbons (Fsp3) is 0.0435. The van der Waals surface area contributed by atoms with Crippen molar-refractivity contribution in [3.8, 4) is 55.6 Å². The highest BCUT2D eigenvalue weighted by Gasteiger charge is 2.18. The van der Waals surface area contributed by atoms with E-state index in [-0.39, 0.29) is 0 Å². The maximum atomic E-state index is 2.38. The number of benzene rings is 8. The zero-order valence-corrected chi connectivity index (χ0v) is 26.2. The highest BCUT2D eigenvalue weighted by Crippen LogP contribution is 2.45.